The highest BCUT2D eigenvalue weighted by Gasteiger charge is 2.47. The maximum Gasteiger partial charge on any atom is 0.300 e. The predicted molar refractivity (Wildman–Crippen MR) is 125 cm³/mol. The van der Waals surface area contributed by atoms with Gasteiger partial charge in [0.25, 0.3) is 11.7 Å². The van der Waals surface area contributed by atoms with E-state index in [2.05, 4.69) is 0 Å². The number of carbonyl (C=O) groups excluding carboxylic acids is 2. The molecular weight excluding hydrogens is 449 g/mol. The van der Waals surface area contributed by atoms with Crippen LogP contribution in [0.2, 0.25) is 10.0 Å². The van der Waals surface area contributed by atoms with Crippen LogP contribution in [-0.4, -0.2) is 21.9 Å². The fourth-order valence-corrected chi connectivity index (χ4v) is 4.15. The first-order valence-electron chi connectivity index (χ1n) is 9.81. The molecule has 1 aliphatic rings. The number of rotatable bonds is 3. The number of carbonyl (C=O) groups is 2. The van der Waals surface area contributed by atoms with Crippen molar-refractivity contribution in [2.45, 2.75) is 19.9 Å². The minimum atomic E-state index is -0.965. The number of Topliss-reactive ketones (excluding diaryl/α,β-unsaturated/α-hetero) is 1. The SMILES string of the molecule is Cc1ccc(/C(O)=C2/C(=O)C(=O)N(c3cccc(Cl)c3)C2c2ccc(O)c(Cl)c2)cc1C. The van der Waals surface area contributed by atoms with Crippen LogP contribution in [0.3, 0.4) is 0 Å². The van der Waals surface area contributed by atoms with Crippen molar-refractivity contribution in [2.75, 3.05) is 4.90 Å². The van der Waals surface area contributed by atoms with Gasteiger partial charge in [-0.2, -0.15) is 0 Å². The lowest BCUT2D eigenvalue weighted by Crippen LogP contribution is -2.29. The second kappa shape index (κ2) is 8.34. The lowest BCUT2D eigenvalue weighted by atomic mass is 9.94. The van der Waals surface area contributed by atoms with Crippen LogP contribution in [0.5, 0.6) is 5.75 Å². The van der Waals surface area contributed by atoms with Crippen molar-refractivity contribution >= 4 is 46.3 Å². The van der Waals surface area contributed by atoms with Gasteiger partial charge in [0.15, 0.2) is 0 Å². The molecule has 0 aliphatic carbocycles. The molecule has 0 spiro atoms. The van der Waals surface area contributed by atoms with E-state index in [-0.39, 0.29) is 22.1 Å². The summed E-state index contributed by atoms with van der Waals surface area (Å²) >= 11 is 12.3. The van der Waals surface area contributed by atoms with Crippen molar-refractivity contribution in [1.82, 2.24) is 0 Å². The number of aliphatic hydroxyl groups excluding tert-OH is 1. The Bertz CT molecular complexity index is 1300. The molecule has 1 amide bonds. The normalized spacial score (nSPS) is 17.8. The Morgan fingerprint density at radius 3 is 2.34 bits per heavy atom. The number of hydrogen-bond acceptors (Lipinski definition) is 4. The number of halogens is 2. The predicted octanol–water partition coefficient (Wildman–Crippen LogP) is 5.94. The zero-order chi connectivity index (χ0) is 23.2. The molecule has 0 radical (unpaired) electrons. The Labute approximate surface area is 195 Å². The first-order valence-corrected chi connectivity index (χ1v) is 10.6. The van der Waals surface area contributed by atoms with Crippen molar-refractivity contribution in [2.24, 2.45) is 0 Å². The van der Waals surface area contributed by atoms with Gasteiger partial charge in [0.1, 0.15) is 11.5 Å². The number of anilines is 1. The fourth-order valence-electron chi connectivity index (χ4n) is 3.78. The Morgan fingerprint density at radius 2 is 1.69 bits per heavy atom. The van der Waals surface area contributed by atoms with E-state index in [0.29, 0.717) is 21.8 Å². The number of amides is 1. The Balaban J connectivity index is 1.98. The molecule has 5 nitrogen and oxygen atoms in total. The summed E-state index contributed by atoms with van der Waals surface area (Å²) in [5.74, 6) is -2.05. The van der Waals surface area contributed by atoms with E-state index in [1.54, 1.807) is 42.5 Å². The summed E-state index contributed by atoms with van der Waals surface area (Å²) in [6.45, 7) is 3.84. The number of phenolic OH excluding ortho intramolecular Hbond substituents is 1. The van der Waals surface area contributed by atoms with E-state index in [1.165, 1.54) is 17.0 Å². The smallest absolute Gasteiger partial charge is 0.300 e. The minimum Gasteiger partial charge on any atom is -0.507 e. The molecule has 1 heterocycles. The van der Waals surface area contributed by atoms with Gasteiger partial charge in [-0.05, 0) is 66.9 Å². The number of nitrogens with zero attached hydrogens (tertiary/aromatic N) is 1. The van der Waals surface area contributed by atoms with Crippen LogP contribution in [0.15, 0.2) is 66.2 Å². The second-order valence-electron chi connectivity index (χ2n) is 7.66. The van der Waals surface area contributed by atoms with E-state index >= 15 is 0 Å². The standard InChI is InChI=1S/C25H19Cl2NO4/c1-13-6-7-16(10-14(13)2)23(30)21-22(15-8-9-20(29)19(27)11-15)28(25(32)24(21)31)18-5-3-4-17(26)12-18/h3-12,22,29-30H,1-2H3/b23-21-. The van der Waals surface area contributed by atoms with Gasteiger partial charge in [-0.1, -0.05) is 47.5 Å². The van der Waals surface area contributed by atoms with E-state index in [1.807, 2.05) is 19.9 Å². The zero-order valence-corrected chi connectivity index (χ0v) is 18.8. The van der Waals surface area contributed by atoms with Crippen LogP contribution >= 0.6 is 23.2 Å². The van der Waals surface area contributed by atoms with E-state index < -0.39 is 17.7 Å². The van der Waals surface area contributed by atoms with Gasteiger partial charge in [-0.3, -0.25) is 14.5 Å². The number of aliphatic hydroxyl groups is 1. The lowest BCUT2D eigenvalue weighted by Gasteiger charge is -2.26. The monoisotopic (exact) mass is 467 g/mol. The van der Waals surface area contributed by atoms with Crippen LogP contribution in [0.1, 0.15) is 28.3 Å². The van der Waals surface area contributed by atoms with Crippen molar-refractivity contribution in [3.05, 3.63) is 98.5 Å². The van der Waals surface area contributed by atoms with Crippen LogP contribution in [0.4, 0.5) is 5.69 Å². The number of hydrogen-bond donors (Lipinski definition) is 2. The van der Waals surface area contributed by atoms with E-state index in [9.17, 15) is 19.8 Å². The molecule has 3 aromatic rings. The lowest BCUT2D eigenvalue weighted by molar-refractivity contribution is -0.132. The highest BCUT2D eigenvalue weighted by molar-refractivity contribution is 6.52. The Kier molecular flexibility index (Phi) is 5.71. The van der Waals surface area contributed by atoms with Crippen LogP contribution < -0.4 is 4.90 Å². The Morgan fingerprint density at radius 1 is 0.938 bits per heavy atom. The molecule has 7 heteroatoms. The first-order chi connectivity index (χ1) is 15.2. The zero-order valence-electron chi connectivity index (χ0n) is 17.3. The molecule has 1 fully saturated rings. The Hall–Kier alpha value is -3.28. The van der Waals surface area contributed by atoms with Crippen LogP contribution in [-0.2, 0) is 9.59 Å². The van der Waals surface area contributed by atoms with Gasteiger partial charge < -0.3 is 10.2 Å². The summed E-state index contributed by atoms with van der Waals surface area (Å²) in [6, 6.07) is 15.3. The minimum absolute atomic E-state index is 0.0605. The molecule has 0 bridgehead atoms. The molecule has 1 aliphatic heterocycles. The highest BCUT2D eigenvalue weighted by Crippen LogP contribution is 2.44. The van der Waals surface area contributed by atoms with Crippen LogP contribution in [0.25, 0.3) is 5.76 Å². The van der Waals surface area contributed by atoms with E-state index in [4.69, 9.17) is 23.2 Å². The van der Waals surface area contributed by atoms with Crippen molar-refractivity contribution in [1.29, 1.82) is 0 Å². The number of aromatic hydroxyl groups is 1. The molecule has 3 aromatic carbocycles. The fraction of sp³-hybridized carbons (Fsp3) is 0.120. The summed E-state index contributed by atoms with van der Waals surface area (Å²) in [5, 5.41) is 21.5. The summed E-state index contributed by atoms with van der Waals surface area (Å²) in [5.41, 5.74) is 3.17. The average Bonchev–Trinajstić information content (AvgIpc) is 3.02. The second-order valence-corrected chi connectivity index (χ2v) is 8.50. The highest BCUT2D eigenvalue weighted by atomic mass is 35.5. The van der Waals surface area contributed by atoms with E-state index in [0.717, 1.165) is 11.1 Å². The summed E-state index contributed by atoms with van der Waals surface area (Å²) in [7, 11) is 0. The number of benzene rings is 3. The summed E-state index contributed by atoms with van der Waals surface area (Å²) in [4.78, 5) is 27.6. The molecule has 32 heavy (non-hydrogen) atoms. The van der Waals surface area contributed by atoms with Gasteiger partial charge in [0.05, 0.1) is 16.6 Å². The van der Waals surface area contributed by atoms with Gasteiger partial charge in [-0.25, -0.2) is 0 Å². The average molecular weight is 468 g/mol. The maximum atomic E-state index is 13.2. The summed E-state index contributed by atoms with van der Waals surface area (Å²) in [6.07, 6.45) is 0. The largest absolute Gasteiger partial charge is 0.507 e. The third kappa shape index (κ3) is 3.74. The molecular formula is C25H19Cl2NO4. The molecule has 0 aromatic heterocycles. The first kappa shape index (κ1) is 21.9. The summed E-state index contributed by atoms with van der Waals surface area (Å²) < 4.78 is 0. The third-order valence-corrected chi connectivity index (χ3v) is 6.14. The molecule has 1 saturated heterocycles. The van der Waals surface area contributed by atoms with Crippen molar-refractivity contribution < 1.29 is 19.8 Å². The van der Waals surface area contributed by atoms with Gasteiger partial charge in [0.2, 0.25) is 0 Å². The third-order valence-electron chi connectivity index (χ3n) is 5.60. The van der Waals surface area contributed by atoms with Crippen molar-refractivity contribution in [3.63, 3.8) is 0 Å². The molecule has 1 atom stereocenters. The molecule has 162 valence electrons. The number of aryl methyl sites for hydroxylation is 2. The molecule has 1 unspecified atom stereocenters. The van der Waals surface area contributed by atoms with Crippen LogP contribution in [0, 0.1) is 13.8 Å². The number of ketones is 1. The van der Waals surface area contributed by atoms with Gasteiger partial charge in [0, 0.05) is 16.3 Å². The maximum absolute atomic E-state index is 13.2. The van der Waals surface area contributed by atoms with Gasteiger partial charge in [-0.15, -0.1) is 0 Å². The molecule has 0 saturated carbocycles. The number of phenols is 1. The topological polar surface area (TPSA) is 77.8 Å². The van der Waals surface area contributed by atoms with Crippen molar-refractivity contribution in [3.8, 4) is 5.75 Å². The molecule has 2 N–H and O–H groups in total. The quantitative estimate of drug-likeness (QED) is 0.283. The molecule has 4 rings (SSSR count). The van der Waals surface area contributed by atoms with Gasteiger partial charge >= 0.3 is 0 Å².